The molecule has 73 heavy (non-hydrogen) atoms. The van der Waals surface area contributed by atoms with Crippen LogP contribution in [0.3, 0.4) is 0 Å². The number of aliphatic carboxylic acids is 1. The quantitative estimate of drug-likeness (QED) is 0.0228. The largest absolute Gasteiger partial charge is 0.479 e. The Morgan fingerprint density at radius 3 is 1.26 bits per heavy atom. The van der Waals surface area contributed by atoms with Gasteiger partial charge in [-0.15, -0.1) is 0 Å². The van der Waals surface area contributed by atoms with Gasteiger partial charge in [0.1, 0.15) is 18.8 Å². The topological polar surface area (TPSA) is 175 Å². The molecule has 0 aromatic heterocycles. The van der Waals surface area contributed by atoms with Crippen molar-refractivity contribution in [2.24, 2.45) is 0 Å². The molecule has 12 nitrogen and oxygen atoms in total. The lowest BCUT2D eigenvalue weighted by Gasteiger charge is -2.40. The van der Waals surface area contributed by atoms with Crippen molar-refractivity contribution in [1.29, 1.82) is 0 Å². The summed E-state index contributed by atoms with van der Waals surface area (Å²) in [6.07, 6.45) is 54.5. The number of carboxylic acids is 1. The maximum absolute atomic E-state index is 13.1. The van der Waals surface area contributed by atoms with Crippen LogP contribution in [0.4, 0.5) is 0 Å². The van der Waals surface area contributed by atoms with Crippen molar-refractivity contribution in [3.63, 3.8) is 0 Å². The zero-order valence-corrected chi connectivity index (χ0v) is 44.6. The van der Waals surface area contributed by atoms with Gasteiger partial charge >= 0.3 is 23.9 Å². The number of unbranched alkanes of at least 4 members (excludes halogenated alkanes) is 7. The van der Waals surface area contributed by atoms with Gasteiger partial charge in [-0.2, -0.15) is 0 Å². The highest BCUT2D eigenvalue weighted by atomic mass is 16.7. The van der Waals surface area contributed by atoms with Gasteiger partial charge in [-0.1, -0.05) is 167 Å². The molecule has 3 N–H and O–H groups in total. The van der Waals surface area contributed by atoms with E-state index in [1.165, 1.54) is 0 Å². The van der Waals surface area contributed by atoms with E-state index in [4.69, 9.17) is 23.7 Å². The van der Waals surface area contributed by atoms with Crippen LogP contribution in [-0.2, 0) is 42.9 Å². The van der Waals surface area contributed by atoms with Gasteiger partial charge in [0.25, 0.3) is 0 Å². The summed E-state index contributed by atoms with van der Waals surface area (Å²) in [5.41, 5.74) is 0. The van der Waals surface area contributed by atoms with E-state index in [1.54, 1.807) is 0 Å². The average Bonchev–Trinajstić information content (AvgIpc) is 3.37. The van der Waals surface area contributed by atoms with E-state index in [9.17, 15) is 34.5 Å². The summed E-state index contributed by atoms with van der Waals surface area (Å²) in [6, 6.07) is 0. The molecule has 6 atom stereocenters. The van der Waals surface area contributed by atoms with E-state index in [-0.39, 0.29) is 25.9 Å². The van der Waals surface area contributed by atoms with Gasteiger partial charge in [0.05, 0.1) is 6.61 Å². The van der Waals surface area contributed by atoms with Crippen LogP contribution in [0.5, 0.6) is 0 Å². The Morgan fingerprint density at radius 2 is 0.836 bits per heavy atom. The van der Waals surface area contributed by atoms with E-state index in [2.05, 4.69) is 142 Å². The van der Waals surface area contributed by atoms with E-state index < -0.39 is 67.3 Å². The molecular weight excluding hydrogens is 925 g/mol. The van der Waals surface area contributed by atoms with Crippen LogP contribution in [-0.4, -0.2) is 89.2 Å². The maximum atomic E-state index is 13.1. The van der Waals surface area contributed by atoms with Gasteiger partial charge in [-0.05, 0) is 122 Å². The molecule has 1 aliphatic heterocycles. The summed E-state index contributed by atoms with van der Waals surface area (Å²) >= 11 is 0. The standard InChI is InChI=1S/C61H92O12/c1-4-7-10-13-16-19-22-25-26-27-28-31-32-35-38-41-44-47-53(62)69-50-52(71-54(63)48-45-42-39-36-33-29-23-20-17-14-11-8-5-2)51-70-61-59(57(66)56(65)58(73-61)60(67)68)72-55(64)49-46-43-40-37-34-30-24-21-18-15-12-9-6-3/h7-12,16-21,25-26,28-31,33-35,38,52,56-59,61,65-66H,4-6,13-15,22-24,27,32,36-37,39-51H2,1-3H3,(H,67,68)/b10-7-,11-8-,12-9-,19-16-,20-17-,21-18-,26-25-,31-28-,33-29-,34-30-,38-35-. The molecule has 0 aromatic rings. The number of carbonyl (C=O) groups is 4. The Kier molecular flexibility index (Phi) is 43.2. The second-order valence-corrected chi connectivity index (χ2v) is 17.7. The number of hydrogen-bond donors (Lipinski definition) is 3. The smallest absolute Gasteiger partial charge is 0.335 e. The van der Waals surface area contributed by atoms with Crippen LogP contribution in [0, 0.1) is 0 Å². The zero-order chi connectivity index (χ0) is 53.3. The number of allylic oxidation sites excluding steroid dienone is 22. The first-order valence-corrected chi connectivity index (χ1v) is 27.2. The third-order valence-corrected chi connectivity index (χ3v) is 11.2. The second-order valence-electron chi connectivity index (χ2n) is 17.7. The molecule has 1 fully saturated rings. The van der Waals surface area contributed by atoms with Gasteiger partial charge in [-0.3, -0.25) is 14.4 Å². The fraction of sp³-hybridized carbons (Fsp3) is 0.574. The highest BCUT2D eigenvalue weighted by Gasteiger charge is 2.50. The Labute approximate surface area is 439 Å². The lowest BCUT2D eigenvalue weighted by atomic mass is 9.98. The fourth-order valence-electron chi connectivity index (χ4n) is 7.13. The molecule has 0 aliphatic carbocycles. The van der Waals surface area contributed by atoms with Crippen molar-refractivity contribution in [1.82, 2.24) is 0 Å². The van der Waals surface area contributed by atoms with E-state index in [1.807, 2.05) is 12.2 Å². The number of aliphatic hydroxyl groups excluding tert-OH is 2. The summed E-state index contributed by atoms with van der Waals surface area (Å²) < 4.78 is 28.2. The molecule has 1 aliphatic rings. The number of ether oxygens (including phenoxy) is 5. The number of esters is 3. The molecule has 0 amide bonds. The molecule has 12 heteroatoms. The average molecular weight is 1020 g/mol. The summed E-state index contributed by atoms with van der Waals surface area (Å²) in [5.74, 6) is -3.31. The van der Waals surface area contributed by atoms with E-state index in [0.29, 0.717) is 25.7 Å². The molecule has 1 saturated heterocycles. The molecular formula is C61H92O12. The Morgan fingerprint density at radius 1 is 0.452 bits per heavy atom. The predicted octanol–water partition coefficient (Wildman–Crippen LogP) is 13.4. The summed E-state index contributed by atoms with van der Waals surface area (Å²) in [7, 11) is 0. The first-order chi connectivity index (χ1) is 35.6. The first kappa shape index (κ1) is 65.9. The Hall–Kier alpha value is -5.14. The van der Waals surface area contributed by atoms with Crippen molar-refractivity contribution in [2.75, 3.05) is 13.2 Å². The highest BCUT2D eigenvalue weighted by Crippen LogP contribution is 2.26. The molecule has 1 heterocycles. The van der Waals surface area contributed by atoms with Crippen molar-refractivity contribution in [3.05, 3.63) is 134 Å². The van der Waals surface area contributed by atoms with Crippen LogP contribution in [0.1, 0.15) is 175 Å². The lowest BCUT2D eigenvalue weighted by Crippen LogP contribution is -2.61. The number of aliphatic hydroxyl groups is 2. The van der Waals surface area contributed by atoms with Crippen LogP contribution in [0.15, 0.2) is 134 Å². The fourth-order valence-corrected chi connectivity index (χ4v) is 7.13. The van der Waals surface area contributed by atoms with Crippen molar-refractivity contribution in [3.8, 4) is 0 Å². The van der Waals surface area contributed by atoms with Crippen LogP contribution >= 0.6 is 0 Å². The third kappa shape index (κ3) is 38.2. The second kappa shape index (κ2) is 47.8. The Balaban J connectivity index is 2.80. The van der Waals surface area contributed by atoms with Gasteiger partial charge < -0.3 is 39.0 Å². The lowest BCUT2D eigenvalue weighted by molar-refractivity contribution is -0.301. The van der Waals surface area contributed by atoms with Crippen molar-refractivity contribution in [2.45, 2.75) is 212 Å². The molecule has 6 unspecified atom stereocenters. The Bertz CT molecular complexity index is 1780. The molecule has 408 valence electrons. The number of hydrogen-bond acceptors (Lipinski definition) is 11. The maximum Gasteiger partial charge on any atom is 0.335 e. The number of carboxylic acid groups (broad SMARTS) is 1. The minimum atomic E-state index is -1.93. The number of carbonyl (C=O) groups excluding carboxylic acids is 3. The van der Waals surface area contributed by atoms with Gasteiger partial charge in [-0.25, -0.2) is 4.79 Å². The minimum absolute atomic E-state index is 0.00816. The van der Waals surface area contributed by atoms with Gasteiger partial charge in [0, 0.05) is 19.3 Å². The van der Waals surface area contributed by atoms with Crippen LogP contribution < -0.4 is 0 Å². The summed E-state index contributed by atoms with van der Waals surface area (Å²) in [5, 5.41) is 31.4. The first-order valence-electron chi connectivity index (χ1n) is 27.2. The normalized spacial score (nSPS) is 19.4. The number of rotatable bonds is 43. The zero-order valence-electron chi connectivity index (χ0n) is 44.6. The SMILES string of the molecule is CC/C=C\C/C=C\C/C=C\C/C=C\C/C=C\CCCC(=O)OCC(COC1OC(C(=O)O)C(O)C(O)C1OC(=O)CCCCC/C=C\C/C=C\C/C=C\CC)OC(=O)CCCCC/C=C\C/C=C\C/C=C\CC. The molecule has 0 radical (unpaired) electrons. The van der Waals surface area contributed by atoms with E-state index >= 15 is 0 Å². The van der Waals surface area contributed by atoms with Crippen LogP contribution in [0.2, 0.25) is 0 Å². The van der Waals surface area contributed by atoms with Gasteiger partial charge in [0.2, 0.25) is 0 Å². The molecule has 0 aromatic carbocycles. The molecule has 0 saturated carbocycles. The van der Waals surface area contributed by atoms with Crippen molar-refractivity contribution < 1.29 is 58.2 Å². The minimum Gasteiger partial charge on any atom is -0.479 e. The van der Waals surface area contributed by atoms with Gasteiger partial charge in [0.15, 0.2) is 24.6 Å². The molecule has 0 bridgehead atoms. The highest BCUT2D eigenvalue weighted by molar-refractivity contribution is 5.74. The van der Waals surface area contributed by atoms with E-state index in [0.717, 1.165) is 109 Å². The summed E-state index contributed by atoms with van der Waals surface area (Å²) in [4.78, 5) is 50.9. The van der Waals surface area contributed by atoms with Crippen molar-refractivity contribution >= 4 is 23.9 Å². The third-order valence-electron chi connectivity index (χ3n) is 11.2. The molecule has 1 rings (SSSR count). The van der Waals surface area contributed by atoms with Crippen LogP contribution in [0.25, 0.3) is 0 Å². The monoisotopic (exact) mass is 1020 g/mol. The molecule has 0 spiro atoms. The predicted molar refractivity (Wildman–Crippen MR) is 293 cm³/mol. The summed E-state index contributed by atoms with van der Waals surface area (Å²) in [6.45, 7) is 5.52.